The Kier molecular flexibility index (Phi) is 4.16. The van der Waals surface area contributed by atoms with Gasteiger partial charge in [0.2, 0.25) is 0 Å². The third kappa shape index (κ3) is 2.49. The number of methoxy groups -OCH3 is 1. The molecule has 0 heterocycles. The number of nitrogens with one attached hydrogen (secondary N) is 1. The monoisotopic (exact) mass is 262 g/mol. The van der Waals surface area contributed by atoms with Crippen molar-refractivity contribution in [2.24, 2.45) is 11.1 Å². The first-order valence-corrected chi connectivity index (χ1v) is 7.09. The van der Waals surface area contributed by atoms with Gasteiger partial charge in [0.05, 0.1) is 7.11 Å². The minimum absolute atomic E-state index is 0.0456. The zero-order valence-electron chi connectivity index (χ0n) is 12.5. The van der Waals surface area contributed by atoms with Crippen molar-refractivity contribution in [3.8, 4) is 5.75 Å². The van der Waals surface area contributed by atoms with Crippen molar-refractivity contribution in [3.63, 3.8) is 0 Å². The van der Waals surface area contributed by atoms with Crippen molar-refractivity contribution >= 4 is 0 Å². The average molecular weight is 262 g/mol. The topological polar surface area (TPSA) is 47.3 Å². The van der Waals surface area contributed by atoms with Gasteiger partial charge >= 0.3 is 0 Å². The summed E-state index contributed by atoms with van der Waals surface area (Å²) >= 11 is 0. The van der Waals surface area contributed by atoms with Crippen LogP contribution in [0.15, 0.2) is 12.1 Å². The highest BCUT2D eigenvalue weighted by molar-refractivity contribution is 5.46. The van der Waals surface area contributed by atoms with Crippen LogP contribution in [0.1, 0.15) is 42.0 Å². The molecule has 0 aromatic heterocycles. The molecular weight excluding hydrogens is 236 g/mol. The van der Waals surface area contributed by atoms with Crippen LogP contribution in [0.4, 0.5) is 0 Å². The Morgan fingerprint density at radius 1 is 1.37 bits per heavy atom. The molecule has 1 unspecified atom stereocenters. The van der Waals surface area contributed by atoms with Crippen LogP contribution >= 0.6 is 0 Å². The minimum atomic E-state index is 0.0456. The lowest BCUT2D eigenvalue weighted by Crippen LogP contribution is -2.47. The second kappa shape index (κ2) is 5.51. The highest BCUT2D eigenvalue weighted by Crippen LogP contribution is 2.50. The van der Waals surface area contributed by atoms with E-state index in [4.69, 9.17) is 10.5 Å². The molecule has 1 aromatic carbocycles. The van der Waals surface area contributed by atoms with Gasteiger partial charge in [0, 0.05) is 23.6 Å². The van der Waals surface area contributed by atoms with Gasteiger partial charge in [-0.25, -0.2) is 0 Å². The van der Waals surface area contributed by atoms with Crippen molar-refractivity contribution < 1.29 is 4.74 Å². The Labute approximate surface area is 116 Å². The van der Waals surface area contributed by atoms with Gasteiger partial charge in [-0.3, -0.25) is 0 Å². The third-order valence-corrected chi connectivity index (χ3v) is 4.56. The van der Waals surface area contributed by atoms with Crippen molar-refractivity contribution in [3.05, 3.63) is 28.8 Å². The van der Waals surface area contributed by atoms with E-state index in [0.29, 0.717) is 0 Å². The smallest absolute Gasteiger partial charge is 0.124 e. The fourth-order valence-corrected chi connectivity index (χ4v) is 3.39. The van der Waals surface area contributed by atoms with Crippen molar-refractivity contribution in [2.75, 3.05) is 20.7 Å². The lowest BCUT2D eigenvalue weighted by atomic mass is 9.62. The molecule has 1 aliphatic carbocycles. The summed E-state index contributed by atoms with van der Waals surface area (Å²) in [7, 11) is 3.74. The zero-order chi connectivity index (χ0) is 14.0. The molecule has 19 heavy (non-hydrogen) atoms. The first-order valence-electron chi connectivity index (χ1n) is 7.09. The maximum absolute atomic E-state index is 6.63. The standard InChI is InChI=1S/C16H26N2O/c1-11-8-12(2)14(13(9-11)19-4)15(17)16(10-18-3)6-5-7-16/h8-9,15,18H,5-7,10,17H2,1-4H3. The predicted octanol–water partition coefficient (Wildman–Crippen LogP) is 2.70. The number of hydrogen-bond donors (Lipinski definition) is 2. The van der Waals surface area contributed by atoms with Gasteiger partial charge in [-0.2, -0.15) is 0 Å². The van der Waals surface area contributed by atoms with Crippen molar-refractivity contribution in [2.45, 2.75) is 39.2 Å². The van der Waals surface area contributed by atoms with Crippen LogP contribution in [0, 0.1) is 19.3 Å². The number of benzene rings is 1. The van der Waals surface area contributed by atoms with Crippen LogP contribution in [0.2, 0.25) is 0 Å². The fraction of sp³-hybridized carbons (Fsp3) is 0.625. The highest BCUT2D eigenvalue weighted by Gasteiger charge is 2.43. The summed E-state index contributed by atoms with van der Waals surface area (Å²) in [6, 6.07) is 4.33. The quantitative estimate of drug-likeness (QED) is 0.857. The van der Waals surface area contributed by atoms with Gasteiger partial charge in [0.15, 0.2) is 0 Å². The number of rotatable bonds is 5. The van der Waals surface area contributed by atoms with Crippen LogP contribution in [0.5, 0.6) is 5.75 Å². The lowest BCUT2D eigenvalue weighted by molar-refractivity contribution is 0.0931. The zero-order valence-corrected chi connectivity index (χ0v) is 12.5. The van der Waals surface area contributed by atoms with E-state index in [1.54, 1.807) is 7.11 Å². The van der Waals surface area contributed by atoms with E-state index in [1.165, 1.54) is 36.0 Å². The SMILES string of the molecule is CNCC1(C(N)c2c(C)cc(C)cc2OC)CCC1. The second-order valence-electron chi connectivity index (χ2n) is 5.92. The summed E-state index contributed by atoms with van der Waals surface area (Å²) in [6.07, 6.45) is 3.68. The van der Waals surface area contributed by atoms with E-state index >= 15 is 0 Å². The van der Waals surface area contributed by atoms with Crippen LogP contribution in [-0.2, 0) is 0 Å². The molecule has 0 amide bonds. The molecule has 1 saturated carbocycles. The van der Waals surface area contributed by atoms with E-state index in [2.05, 4.69) is 31.3 Å². The van der Waals surface area contributed by atoms with Crippen molar-refractivity contribution in [1.29, 1.82) is 0 Å². The van der Waals surface area contributed by atoms with E-state index < -0.39 is 0 Å². The highest BCUT2D eigenvalue weighted by atomic mass is 16.5. The molecule has 3 nitrogen and oxygen atoms in total. The summed E-state index contributed by atoms with van der Waals surface area (Å²) in [5.74, 6) is 0.937. The molecule has 1 atom stereocenters. The Bertz CT molecular complexity index is 452. The van der Waals surface area contributed by atoms with E-state index in [1.807, 2.05) is 7.05 Å². The maximum Gasteiger partial charge on any atom is 0.124 e. The molecule has 0 bridgehead atoms. The number of aryl methyl sites for hydroxylation is 2. The van der Waals surface area contributed by atoms with Gasteiger partial charge in [-0.05, 0) is 50.9 Å². The largest absolute Gasteiger partial charge is 0.496 e. The molecule has 3 N–H and O–H groups in total. The number of nitrogens with two attached hydrogens (primary N) is 1. The molecule has 0 aliphatic heterocycles. The Hall–Kier alpha value is -1.06. The first kappa shape index (κ1) is 14.4. The molecule has 3 heteroatoms. The van der Waals surface area contributed by atoms with Crippen molar-refractivity contribution in [1.82, 2.24) is 5.32 Å². The average Bonchev–Trinajstić information content (AvgIpc) is 2.32. The second-order valence-corrected chi connectivity index (χ2v) is 5.92. The van der Waals surface area contributed by atoms with Crippen LogP contribution in [0.25, 0.3) is 0 Å². The molecular formula is C16H26N2O. The molecule has 0 spiro atoms. The summed E-state index contributed by atoms with van der Waals surface area (Å²) in [6.45, 7) is 5.21. The van der Waals surface area contributed by atoms with E-state index in [-0.39, 0.29) is 11.5 Å². The number of ether oxygens (including phenoxy) is 1. The lowest BCUT2D eigenvalue weighted by Gasteiger charge is -2.47. The predicted molar refractivity (Wildman–Crippen MR) is 79.6 cm³/mol. The van der Waals surface area contributed by atoms with E-state index in [9.17, 15) is 0 Å². The molecule has 2 rings (SSSR count). The molecule has 106 valence electrons. The summed E-state index contributed by atoms with van der Waals surface area (Å²) < 4.78 is 5.57. The van der Waals surface area contributed by atoms with Crippen LogP contribution < -0.4 is 15.8 Å². The normalized spacial score (nSPS) is 18.8. The first-order chi connectivity index (χ1) is 9.04. The van der Waals surface area contributed by atoms with Crippen LogP contribution in [0.3, 0.4) is 0 Å². The minimum Gasteiger partial charge on any atom is -0.496 e. The van der Waals surface area contributed by atoms with Gasteiger partial charge in [0.25, 0.3) is 0 Å². The molecule has 1 aliphatic rings. The molecule has 0 radical (unpaired) electrons. The Morgan fingerprint density at radius 3 is 2.53 bits per heavy atom. The summed E-state index contributed by atoms with van der Waals surface area (Å²) in [4.78, 5) is 0. The molecule has 1 fully saturated rings. The summed E-state index contributed by atoms with van der Waals surface area (Å²) in [5.41, 5.74) is 10.5. The van der Waals surface area contributed by atoms with Gasteiger partial charge in [0.1, 0.15) is 5.75 Å². The van der Waals surface area contributed by atoms with Gasteiger partial charge in [-0.1, -0.05) is 12.5 Å². The summed E-state index contributed by atoms with van der Waals surface area (Å²) in [5, 5.41) is 3.31. The maximum atomic E-state index is 6.63. The Balaban J connectivity index is 2.40. The molecule has 1 aromatic rings. The number of hydrogen-bond acceptors (Lipinski definition) is 3. The Morgan fingerprint density at radius 2 is 2.05 bits per heavy atom. The fourth-order valence-electron chi connectivity index (χ4n) is 3.39. The third-order valence-electron chi connectivity index (χ3n) is 4.56. The van der Waals surface area contributed by atoms with E-state index in [0.717, 1.165) is 12.3 Å². The molecule has 0 saturated heterocycles. The van der Waals surface area contributed by atoms with Gasteiger partial charge < -0.3 is 15.8 Å². The van der Waals surface area contributed by atoms with Crippen LogP contribution in [-0.4, -0.2) is 20.7 Å². The van der Waals surface area contributed by atoms with Gasteiger partial charge in [-0.15, -0.1) is 0 Å².